The first kappa shape index (κ1) is 13.5. The van der Waals surface area contributed by atoms with E-state index in [-0.39, 0.29) is 0 Å². The van der Waals surface area contributed by atoms with Gasteiger partial charge in [-0.15, -0.1) is 0 Å². The van der Waals surface area contributed by atoms with Crippen LogP contribution >= 0.6 is 0 Å². The van der Waals surface area contributed by atoms with Gasteiger partial charge in [-0.2, -0.15) is 0 Å². The summed E-state index contributed by atoms with van der Waals surface area (Å²) >= 11 is 0. The highest BCUT2D eigenvalue weighted by Crippen LogP contribution is 2.00. The maximum atomic E-state index is 3.80. The molecule has 2 heteroatoms. The Bertz CT molecular complexity index is 157. The van der Waals surface area contributed by atoms with E-state index in [1.165, 1.54) is 0 Å². The van der Waals surface area contributed by atoms with Gasteiger partial charge in [0.05, 0.1) is 0 Å². The molecule has 0 aromatic heterocycles. The molecule has 70 valence electrons. The Morgan fingerprint density at radius 1 is 1.50 bits per heavy atom. The zero-order valence-corrected chi connectivity index (χ0v) is 8.65. The van der Waals surface area contributed by atoms with E-state index in [9.17, 15) is 0 Å². The van der Waals surface area contributed by atoms with Crippen LogP contribution in [-0.4, -0.2) is 13.3 Å². The first-order valence-corrected chi connectivity index (χ1v) is 4.30. The maximum absolute atomic E-state index is 3.80. The quantitative estimate of drug-likeness (QED) is 0.506. The monoisotopic (exact) mass is 168 g/mol. The predicted octanol–water partition coefficient (Wildman–Crippen LogP) is 2.74. The summed E-state index contributed by atoms with van der Waals surface area (Å²) in [6, 6.07) is 0. The molecule has 0 fully saturated rings. The lowest BCUT2D eigenvalue weighted by Crippen LogP contribution is -2.11. The molecule has 0 aliphatic carbocycles. The van der Waals surface area contributed by atoms with Gasteiger partial charge >= 0.3 is 0 Å². The van der Waals surface area contributed by atoms with Crippen LogP contribution in [0.25, 0.3) is 0 Å². The van der Waals surface area contributed by atoms with E-state index in [1.807, 2.05) is 27.7 Å². The first-order valence-electron chi connectivity index (χ1n) is 4.30. The van der Waals surface area contributed by atoms with Crippen LogP contribution in [-0.2, 0) is 0 Å². The van der Waals surface area contributed by atoms with Gasteiger partial charge in [0.25, 0.3) is 0 Å². The van der Waals surface area contributed by atoms with Crippen LogP contribution in [0.3, 0.4) is 0 Å². The van der Waals surface area contributed by atoms with Crippen molar-refractivity contribution in [1.29, 1.82) is 0 Å². The SMILES string of the molecule is C=C/C(C)=C(\N=C)NCC.CC. The van der Waals surface area contributed by atoms with E-state index in [4.69, 9.17) is 0 Å². The Kier molecular flexibility index (Phi) is 11.2. The summed E-state index contributed by atoms with van der Waals surface area (Å²) in [6.07, 6.45) is 1.76. The minimum absolute atomic E-state index is 0.817. The summed E-state index contributed by atoms with van der Waals surface area (Å²) in [5.74, 6) is 0.817. The molecule has 0 saturated heterocycles. The average Bonchev–Trinajstić information content (AvgIpc) is 2.16. The van der Waals surface area contributed by atoms with Gasteiger partial charge in [0.15, 0.2) is 0 Å². The molecule has 0 spiro atoms. The molecule has 0 saturated carbocycles. The summed E-state index contributed by atoms with van der Waals surface area (Å²) in [5, 5.41) is 3.06. The summed E-state index contributed by atoms with van der Waals surface area (Å²) in [6.45, 7) is 15.9. The molecule has 0 aromatic rings. The minimum atomic E-state index is 0.817. The molecule has 0 aliphatic heterocycles. The smallest absolute Gasteiger partial charge is 0.128 e. The standard InChI is InChI=1S/C8H14N2.C2H6/c1-5-7(3)8(9-4)10-6-2;1-2/h5,10H,1,4,6H2,2-3H3;1-2H3/b8-7+;. The second-order valence-electron chi connectivity index (χ2n) is 1.92. The molecule has 0 radical (unpaired) electrons. The molecule has 1 N–H and O–H groups in total. The van der Waals surface area contributed by atoms with Crippen molar-refractivity contribution in [2.24, 2.45) is 4.99 Å². The number of hydrogen-bond acceptors (Lipinski definition) is 2. The van der Waals surface area contributed by atoms with Gasteiger partial charge in [0.1, 0.15) is 5.82 Å². The van der Waals surface area contributed by atoms with Crippen LogP contribution in [0.4, 0.5) is 0 Å². The second-order valence-corrected chi connectivity index (χ2v) is 1.92. The highest BCUT2D eigenvalue weighted by molar-refractivity contribution is 5.32. The maximum Gasteiger partial charge on any atom is 0.128 e. The highest BCUT2D eigenvalue weighted by Gasteiger charge is 1.91. The van der Waals surface area contributed by atoms with E-state index in [1.54, 1.807) is 6.08 Å². The topological polar surface area (TPSA) is 24.4 Å². The van der Waals surface area contributed by atoms with Crippen LogP contribution in [0.15, 0.2) is 29.0 Å². The third kappa shape index (κ3) is 5.71. The number of aliphatic imine (C=N–C) groups is 1. The lowest BCUT2D eigenvalue weighted by molar-refractivity contribution is 0.832. The summed E-state index contributed by atoms with van der Waals surface area (Å²) in [7, 11) is 0. The Morgan fingerprint density at radius 3 is 2.25 bits per heavy atom. The van der Waals surface area contributed by atoms with Gasteiger partial charge in [-0.25, -0.2) is 4.99 Å². The fourth-order valence-corrected chi connectivity index (χ4v) is 0.584. The van der Waals surface area contributed by atoms with E-state index < -0.39 is 0 Å². The molecule has 0 heterocycles. The third-order valence-corrected chi connectivity index (χ3v) is 1.18. The van der Waals surface area contributed by atoms with Crippen molar-refractivity contribution in [3.8, 4) is 0 Å². The lowest BCUT2D eigenvalue weighted by atomic mass is 10.3. The van der Waals surface area contributed by atoms with Crippen LogP contribution in [0, 0.1) is 0 Å². The van der Waals surface area contributed by atoms with Gasteiger partial charge < -0.3 is 5.32 Å². The second kappa shape index (κ2) is 9.95. The largest absolute Gasteiger partial charge is 0.370 e. The fraction of sp³-hybridized carbons (Fsp3) is 0.500. The van der Waals surface area contributed by atoms with Gasteiger partial charge in [0, 0.05) is 6.54 Å². The molecule has 0 bridgehead atoms. The molecular formula is C10H20N2. The normalized spacial score (nSPS) is 10.3. The number of allylic oxidation sites excluding steroid dienone is 2. The minimum Gasteiger partial charge on any atom is -0.370 e. The molecule has 0 atom stereocenters. The number of nitrogens with one attached hydrogen (secondary N) is 1. The van der Waals surface area contributed by atoms with Crippen molar-refractivity contribution in [3.63, 3.8) is 0 Å². The molecule has 0 aliphatic rings. The van der Waals surface area contributed by atoms with Gasteiger partial charge in [-0.1, -0.05) is 26.5 Å². The number of rotatable bonds is 4. The number of nitrogens with zero attached hydrogens (tertiary/aromatic N) is 1. The van der Waals surface area contributed by atoms with E-state index >= 15 is 0 Å². The molecule has 0 rings (SSSR count). The van der Waals surface area contributed by atoms with E-state index in [2.05, 4.69) is 23.6 Å². The fourth-order valence-electron chi connectivity index (χ4n) is 0.584. The highest BCUT2D eigenvalue weighted by atomic mass is 15.0. The third-order valence-electron chi connectivity index (χ3n) is 1.18. The van der Waals surface area contributed by atoms with Crippen molar-refractivity contribution in [2.45, 2.75) is 27.7 Å². The van der Waals surface area contributed by atoms with Crippen LogP contribution in [0.5, 0.6) is 0 Å². The van der Waals surface area contributed by atoms with Crippen molar-refractivity contribution in [2.75, 3.05) is 6.54 Å². The van der Waals surface area contributed by atoms with Gasteiger partial charge in [-0.3, -0.25) is 0 Å². The van der Waals surface area contributed by atoms with Gasteiger partial charge in [-0.05, 0) is 26.1 Å². The summed E-state index contributed by atoms with van der Waals surface area (Å²) in [5.41, 5.74) is 1.02. The van der Waals surface area contributed by atoms with Crippen molar-refractivity contribution >= 4 is 6.72 Å². The Labute approximate surface area is 76.1 Å². The Hall–Kier alpha value is -1.05. The molecule has 2 nitrogen and oxygen atoms in total. The summed E-state index contributed by atoms with van der Waals surface area (Å²) < 4.78 is 0. The Morgan fingerprint density at radius 2 is 2.00 bits per heavy atom. The molecule has 0 amide bonds. The number of hydrogen-bond donors (Lipinski definition) is 1. The molecule has 12 heavy (non-hydrogen) atoms. The van der Waals surface area contributed by atoms with Crippen molar-refractivity contribution < 1.29 is 0 Å². The van der Waals surface area contributed by atoms with Crippen molar-refractivity contribution in [3.05, 3.63) is 24.0 Å². The zero-order valence-electron chi connectivity index (χ0n) is 8.65. The molecular weight excluding hydrogens is 148 g/mol. The first-order chi connectivity index (χ1) is 5.76. The van der Waals surface area contributed by atoms with Crippen LogP contribution in [0.2, 0.25) is 0 Å². The predicted molar refractivity (Wildman–Crippen MR) is 57.5 cm³/mol. The van der Waals surface area contributed by atoms with Crippen LogP contribution in [0.1, 0.15) is 27.7 Å². The van der Waals surface area contributed by atoms with E-state index in [0.717, 1.165) is 17.9 Å². The Balaban J connectivity index is 0. The van der Waals surface area contributed by atoms with Crippen molar-refractivity contribution in [1.82, 2.24) is 5.32 Å². The van der Waals surface area contributed by atoms with Crippen LogP contribution < -0.4 is 5.32 Å². The van der Waals surface area contributed by atoms with E-state index in [0.29, 0.717) is 0 Å². The zero-order chi connectivity index (χ0) is 9.98. The lowest BCUT2D eigenvalue weighted by Gasteiger charge is -2.03. The van der Waals surface area contributed by atoms with Gasteiger partial charge in [0.2, 0.25) is 0 Å². The molecule has 0 aromatic carbocycles. The molecule has 0 unspecified atom stereocenters. The average molecular weight is 168 g/mol. The summed E-state index contributed by atoms with van der Waals surface area (Å²) in [4.78, 5) is 3.80.